The number of ether oxygens (including phenoxy) is 1. The summed E-state index contributed by atoms with van der Waals surface area (Å²) in [6.07, 6.45) is 6.81. The number of benzene rings is 1. The van der Waals surface area contributed by atoms with Crippen molar-refractivity contribution in [2.75, 3.05) is 5.32 Å². The van der Waals surface area contributed by atoms with Crippen LogP contribution in [0.1, 0.15) is 46.7 Å². The number of nitrogens with one attached hydrogen (secondary N) is 3. The minimum absolute atomic E-state index is 0.0446. The predicted molar refractivity (Wildman–Crippen MR) is 121 cm³/mol. The number of hydrogen-bond donors (Lipinski definition) is 3. The highest BCUT2D eigenvalue weighted by atomic mass is 35.5. The molecule has 170 valence electrons. The van der Waals surface area contributed by atoms with E-state index in [-0.39, 0.29) is 29.3 Å². The van der Waals surface area contributed by atoms with Crippen LogP contribution in [0.15, 0.2) is 55.1 Å². The number of anilines is 1. The number of H-pyrrole nitrogens is 1. The van der Waals surface area contributed by atoms with E-state index in [1.807, 2.05) is 0 Å². The SMILES string of the molecule is O=C(Oc1ccccc1)c1nc[nH]c1C(=O)N[C@H]1CC[C@H](C(=O)Nc2ccncc2Cl)CC1. The maximum atomic E-state index is 12.8. The number of carbonyl (C=O) groups excluding carboxylic acids is 3. The molecule has 33 heavy (non-hydrogen) atoms. The van der Waals surface area contributed by atoms with E-state index >= 15 is 0 Å². The molecule has 1 aliphatic rings. The van der Waals surface area contributed by atoms with E-state index in [0.29, 0.717) is 42.1 Å². The van der Waals surface area contributed by atoms with Crippen LogP contribution in [0.2, 0.25) is 5.02 Å². The first-order valence-electron chi connectivity index (χ1n) is 10.5. The van der Waals surface area contributed by atoms with E-state index in [2.05, 4.69) is 25.6 Å². The lowest BCUT2D eigenvalue weighted by molar-refractivity contribution is -0.120. The van der Waals surface area contributed by atoms with Crippen molar-refractivity contribution in [1.29, 1.82) is 0 Å². The van der Waals surface area contributed by atoms with Gasteiger partial charge in [-0.1, -0.05) is 29.8 Å². The van der Waals surface area contributed by atoms with Crippen molar-refractivity contribution < 1.29 is 19.1 Å². The molecule has 0 bridgehead atoms. The summed E-state index contributed by atoms with van der Waals surface area (Å²) in [5, 5.41) is 6.14. The molecular weight excluding hydrogens is 446 g/mol. The van der Waals surface area contributed by atoms with E-state index in [1.165, 1.54) is 12.5 Å². The molecule has 1 aromatic carbocycles. The number of hydrogen-bond acceptors (Lipinski definition) is 6. The lowest BCUT2D eigenvalue weighted by Gasteiger charge is -2.28. The van der Waals surface area contributed by atoms with Crippen LogP contribution in [0.3, 0.4) is 0 Å². The zero-order valence-electron chi connectivity index (χ0n) is 17.6. The largest absolute Gasteiger partial charge is 0.422 e. The van der Waals surface area contributed by atoms with Gasteiger partial charge in [-0.2, -0.15) is 0 Å². The van der Waals surface area contributed by atoms with Crippen LogP contribution in [0.25, 0.3) is 0 Å². The number of esters is 1. The molecule has 4 rings (SSSR count). The highest BCUT2D eigenvalue weighted by Gasteiger charge is 2.29. The van der Waals surface area contributed by atoms with Crippen molar-refractivity contribution in [3.8, 4) is 5.75 Å². The van der Waals surface area contributed by atoms with Gasteiger partial charge in [-0.15, -0.1) is 0 Å². The number of aromatic amines is 1. The lowest BCUT2D eigenvalue weighted by atomic mass is 9.85. The molecule has 2 aromatic heterocycles. The fourth-order valence-corrected chi connectivity index (χ4v) is 3.90. The third kappa shape index (κ3) is 5.56. The molecule has 10 heteroatoms. The Kier molecular flexibility index (Phi) is 6.99. The van der Waals surface area contributed by atoms with E-state index in [9.17, 15) is 14.4 Å². The zero-order valence-corrected chi connectivity index (χ0v) is 18.3. The van der Waals surface area contributed by atoms with Gasteiger partial charge in [-0.25, -0.2) is 9.78 Å². The summed E-state index contributed by atoms with van der Waals surface area (Å²) >= 11 is 6.05. The number of pyridine rings is 1. The van der Waals surface area contributed by atoms with Gasteiger partial charge in [0, 0.05) is 24.4 Å². The third-order valence-corrected chi connectivity index (χ3v) is 5.78. The number of aromatic nitrogens is 3. The van der Waals surface area contributed by atoms with Gasteiger partial charge in [-0.3, -0.25) is 14.6 Å². The second-order valence-electron chi connectivity index (χ2n) is 7.70. The number of halogens is 1. The zero-order chi connectivity index (χ0) is 23.2. The van der Waals surface area contributed by atoms with Crippen molar-refractivity contribution in [2.24, 2.45) is 5.92 Å². The van der Waals surface area contributed by atoms with E-state index in [1.54, 1.807) is 42.6 Å². The Hall–Kier alpha value is -3.72. The van der Waals surface area contributed by atoms with Gasteiger partial charge >= 0.3 is 5.97 Å². The fraction of sp³-hybridized carbons (Fsp3) is 0.261. The molecule has 1 aliphatic carbocycles. The minimum Gasteiger partial charge on any atom is -0.422 e. The Labute approximate surface area is 194 Å². The van der Waals surface area contributed by atoms with Crippen LogP contribution in [0.4, 0.5) is 5.69 Å². The minimum atomic E-state index is -0.720. The number of carbonyl (C=O) groups is 3. The number of nitrogens with zero attached hydrogens (tertiary/aromatic N) is 2. The summed E-state index contributed by atoms with van der Waals surface area (Å²) in [6, 6.07) is 10.1. The molecule has 3 aromatic rings. The Morgan fingerprint density at radius 3 is 2.55 bits per heavy atom. The van der Waals surface area contributed by atoms with Crippen LogP contribution >= 0.6 is 11.6 Å². The molecule has 0 aliphatic heterocycles. The van der Waals surface area contributed by atoms with Gasteiger partial charge in [-0.05, 0) is 43.9 Å². The van der Waals surface area contributed by atoms with Gasteiger partial charge in [0.2, 0.25) is 5.91 Å². The number of rotatable bonds is 6. The van der Waals surface area contributed by atoms with E-state index in [0.717, 1.165) is 0 Å². The van der Waals surface area contributed by atoms with Gasteiger partial charge in [0.05, 0.1) is 17.0 Å². The van der Waals surface area contributed by atoms with Crippen LogP contribution in [-0.2, 0) is 4.79 Å². The van der Waals surface area contributed by atoms with Gasteiger partial charge in [0.25, 0.3) is 5.91 Å². The Balaban J connectivity index is 1.30. The fourth-order valence-electron chi connectivity index (χ4n) is 3.73. The van der Waals surface area contributed by atoms with Crippen LogP contribution < -0.4 is 15.4 Å². The summed E-state index contributed by atoms with van der Waals surface area (Å²) in [5.74, 6) is -1.08. The topological polar surface area (TPSA) is 126 Å². The maximum absolute atomic E-state index is 12.8. The van der Waals surface area contributed by atoms with Crippen molar-refractivity contribution >= 4 is 35.1 Å². The summed E-state index contributed by atoms with van der Waals surface area (Å²) in [5.41, 5.74) is 0.489. The van der Waals surface area contributed by atoms with Gasteiger partial charge < -0.3 is 20.4 Å². The molecular formula is C23H22ClN5O4. The molecule has 0 spiro atoms. The van der Waals surface area contributed by atoms with Gasteiger partial charge in [0.1, 0.15) is 11.4 Å². The monoisotopic (exact) mass is 467 g/mol. The molecule has 0 saturated heterocycles. The van der Waals surface area contributed by atoms with Crippen LogP contribution in [-0.4, -0.2) is 38.8 Å². The second-order valence-corrected chi connectivity index (χ2v) is 8.10. The molecule has 0 radical (unpaired) electrons. The number of para-hydroxylation sites is 1. The summed E-state index contributed by atoms with van der Waals surface area (Å²) < 4.78 is 5.28. The Morgan fingerprint density at radius 1 is 1.06 bits per heavy atom. The first-order chi connectivity index (χ1) is 16.0. The third-order valence-electron chi connectivity index (χ3n) is 5.48. The first kappa shape index (κ1) is 22.5. The van der Waals surface area contributed by atoms with E-state index in [4.69, 9.17) is 16.3 Å². The van der Waals surface area contributed by atoms with Crippen molar-refractivity contribution in [3.63, 3.8) is 0 Å². The quantitative estimate of drug-likeness (QED) is 0.375. The van der Waals surface area contributed by atoms with E-state index < -0.39 is 11.9 Å². The van der Waals surface area contributed by atoms with Crippen LogP contribution in [0, 0.1) is 5.92 Å². The molecule has 9 nitrogen and oxygen atoms in total. The molecule has 2 amide bonds. The lowest BCUT2D eigenvalue weighted by Crippen LogP contribution is -2.40. The van der Waals surface area contributed by atoms with Gasteiger partial charge in [0.15, 0.2) is 5.69 Å². The number of amides is 2. The summed E-state index contributed by atoms with van der Waals surface area (Å²) in [6.45, 7) is 0. The molecule has 0 unspecified atom stereocenters. The summed E-state index contributed by atoms with van der Waals surface area (Å²) in [4.78, 5) is 48.3. The highest BCUT2D eigenvalue weighted by Crippen LogP contribution is 2.27. The average molecular weight is 468 g/mol. The molecule has 1 saturated carbocycles. The molecule has 1 fully saturated rings. The normalized spacial score (nSPS) is 17.7. The Bertz CT molecular complexity index is 1140. The number of imidazole rings is 1. The average Bonchev–Trinajstić information content (AvgIpc) is 3.32. The standard InChI is InChI=1S/C23H22ClN5O4/c24-17-12-25-11-10-18(17)29-21(30)14-6-8-15(9-7-14)28-22(31)19-20(27-13-26-19)23(32)33-16-4-2-1-3-5-16/h1-5,10-15H,6-9H2,(H,26,27)(H,28,31)(H,25,29,30)/t14-,15-. The summed E-state index contributed by atoms with van der Waals surface area (Å²) in [7, 11) is 0. The van der Waals surface area contributed by atoms with Crippen molar-refractivity contribution in [1.82, 2.24) is 20.3 Å². The molecule has 0 atom stereocenters. The molecule has 3 N–H and O–H groups in total. The Morgan fingerprint density at radius 2 is 1.82 bits per heavy atom. The maximum Gasteiger partial charge on any atom is 0.364 e. The molecule has 2 heterocycles. The first-order valence-corrected chi connectivity index (χ1v) is 10.9. The van der Waals surface area contributed by atoms with Crippen molar-refractivity contribution in [2.45, 2.75) is 31.7 Å². The van der Waals surface area contributed by atoms with Crippen LogP contribution in [0.5, 0.6) is 5.75 Å². The smallest absolute Gasteiger partial charge is 0.364 e. The highest BCUT2D eigenvalue weighted by molar-refractivity contribution is 6.33. The second kappa shape index (κ2) is 10.3. The van der Waals surface area contributed by atoms with Crippen molar-refractivity contribution in [3.05, 3.63) is 71.5 Å². The predicted octanol–water partition coefficient (Wildman–Crippen LogP) is 3.60.